The van der Waals surface area contributed by atoms with Crippen molar-refractivity contribution in [3.63, 3.8) is 0 Å². The van der Waals surface area contributed by atoms with Crippen molar-refractivity contribution < 1.29 is 4.21 Å². The van der Waals surface area contributed by atoms with Crippen LogP contribution in [0.2, 0.25) is 0 Å². The quantitative estimate of drug-likeness (QED) is 0.621. The molecule has 0 bridgehead atoms. The number of rotatable bonds is 9. The Morgan fingerprint density at radius 1 is 1.43 bits per heavy atom. The normalized spacial score (nSPS) is 15.4. The van der Waals surface area contributed by atoms with E-state index < -0.39 is 10.8 Å². The zero-order chi connectivity index (χ0) is 10.8. The Hall–Kier alpha value is 0.460. The number of hydrogen-bond donors (Lipinski definition) is 1. The minimum absolute atomic E-state index is 0.508. The summed E-state index contributed by atoms with van der Waals surface area (Å²) in [5, 5.41) is 3.45. The van der Waals surface area contributed by atoms with Gasteiger partial charge in [0.1, 0.15) is 0 Å². The van der Waals surface area contributed by atoms with Gasteiger partial charge in [0, 0.05) is 28.9 Å². The van der Waals surface area contributed by atoms with Crippen molar-refractivity contribution in [2.24, 2.45) is 0 Å². The molecule has 0 aromatic heterocycles. The topological polar surface area (TPSA) is 29.1 Å². The lowest BCUT2D eigenvalue weighted by molar-refractivity contribution is 0.523. The molecule has 0 rings (SSSR count). The molecular formula is C10H23NOS2. The van der Waals surface area contributed by atoms with Crippen LogP contribution >= 0.6 is 11.8 Å². The summed E-state index contributed by atoms with van der Waals surface area (Å²) in [6, 6.07) is 0.508. The molecular weight excluding hydrogens is 214 g/mol. The Balaban J connectivity index is 3.18. The highest BCUT2D eigenvalue weighted by molar-refractivity contribution is 7.98. The fourth-order valence-electron chi connectivity index (χ4n) is 1.16. The number of hydrogen-bond acceptors (Lipinski definition) is 3. The molecule has 0 saturated heterocycles. The summed E-state index contributed by atoms with van der Waals surface area (Å²) < 4.78 is 10.8. The fourth-order valence-corrected chi connectivity index (χ4v) is 2.34. The maximum atomic E-state index is 10.8. The second-order valence-electron chi connectivity index (χ2n) is 3.62. The first-order valence-corrected chi connectivity index (χ1v) is 8.31. The molecule has 86 valence electrons. The van der Waals surface area contributed by atoms with Crippen LogP contribution in [0.4, 0.5) is 0 Å². The third kappa shape index (κ3) is 10.5. The van der Waals surface area contributed by atoms with Crippen molar-refractivity contribution in [2.75, 3.05) is 30.6 Å². The molecule has 0 aromatic rings. The van der Waals surface area contributed by atoms with E-state index >= 15 is 0 Å². The smallest absolute Gasteiger partial charge is 0.0246 e. The lowest BCUT2D eigenvalue weighted by atomic mass is 10.2. The summed E-state index contributed by atoms with van der Waals surface area (Å²) >= 11 is 1.91. The number of unbranched alkanes of at least 4 members (excludes halogenated alkanes) is 1. The number of nitrogens with one attached hydrogen (secondary N) is 1. The van der Waals surface area contributed by atoms with Crippen molar-refractivity contribution >= 4 is 22.6 Å². The molecule has 2 unspecified atom stereocenters. The Labute approximate surface area is 95.1 Å². The highest BCUT2D eigenvalue weighted by Gasteiger charge is 2.01. The van der Waals surface area contributed by atoms with Gasteiger partial charge < -0.3 is 5.32 Å². The minimum atomic E-state index is -0.640. The second kappa shape index (κ2) is 9.99. The van der Waals surface area contributed by atoms with Gasteiger partial charge in [0.15, 0.2) is 0 Å². The summed E-state index contributed by atoms with van der Waals surface area (Å²) in [6.45, 7) is 3.26. The van der Waals surface area contributed by atoms with Gasteiger partial charge in [0.25, 0.3) is 0 Å². The second-order valence-corrected chi connectivity index (χ2v) is 6.16. The predicted molar refractivity (Wildman–Crippen MR) is 68.6 cm³/mol. The Bertz CT molecular complexity index is 153. The Kier molecular flexibility index (Phi) is 10.3. The fraction of sp³-hybridized carbons (Fsp3) is 1.00. The monoisotopic (exact) mass is 237 g/mol. The molecule has 0 aliphatic heterocycles. The lowest BCUT2D eigenvalue weighted by Gasteiger charge is -2.12. The van der Waals surface area contributed by atoms with Crippen LogP contribution in [0, 0.1) is 0 Å². The van der Waals surface area contributed by atoms with Crippen LogP contribution in [-0.4, -0.2) is 40.8 Å². The van der Waals surface area contributed by atoms with Crippen molar-refractivity contribution in [3.8, 4) is 0 Å². The van der Waals surface area contributed by atoms with Crippen molar-refractivity contribution in [2.45, 2.75) is 32.2 Å². The van der Waals surface area contributed by atoms with Gasteiger partial charge in [-0.15, -0.1) is 0 Å². The van der Waals surface area contributed by atoms with Crippen LogP contribution in [0.1, 0.15) is 26.2 Å². The molecule has 0 amide bonds. The SMILES string of the molecule is CSCCCCNC(C)CCS(C)=O. The third-order valence-electron chi connectivity index (χ3n) is 2.11. The van der Waals surface area contributed by atoms with Crippen molar-refractivity contribution in [3.05, 3.63) is 0 Å². The largest absolute Gasteiger partial charge is 0.314 e. The number of thioether (sulfide) groups is 1. The molecule has 0 fully saturated rings. The first-order chi connectivity index (χ1) is 6.66. The van der Waals surface area contributed by atoms with E-state index in [0.29, 0.717) is 6.04 Å². The van der Waals surface area contributed by atoms with Crippen molar-refractivity contribution in [1.82, 2.24) is 5.32 Å². The molecule has 0 aromatic carbocycles. The molecule has 4 heteroatoms. The molecule has 1 N–H and O–H groups in total. The van der Waals surface area contributed by atoms with Gasteiger partial charge in [-0.25, -0.2) is 0 Å². The lowest BCUT2D eigenvalue weighted by Crippen LogP contribution is -2.28. The van der Waals surface area contributed by atoms with Crippen molar-refractivity contribution in [1.29, 1.82) is 0 Å². The molecule has 0 radical (unpaired) electrons. The molecule has 0 saturated carbocycles. The van der Waals surface area contributed by atoms with E-state index in [2.05, 4.69) is 18.5 Å². The van der Waals surface area contributed by atoms with Crippen LogP contribution in [0.25, 0.3) is 0 Å². The summed E-state index contributed by atoms with van der Waals surface area (Å²) in [6.07, 6.45) is 7.48. The van der Waals surface area contributed by atoms with Gasteiger partial charge in [0.05, 0.1) is 0 Å². The average molecular weight is 237 g/mol. The van der Waals surface area contributed by atoms with E-state index in [1.807, 2.05) is 11.8 Å². The molecule has 2 nitrogen and oxygen atoms in total. The summed E-state index contributed by atoms with van der Waals surface area (Å²) in [7, 11) is -0.640. The molecule has 2 atom stereocenters. The minimum Gasteiger partial charge on any atom is -0.314 e. The maximum absolute atomic E-state index is 10.8. The van der Waals surface area contributed by atoms with E-state index in [4.69, 9.17) is 0 Å². The first kappa shape index (κ1) is 14.5. The van der Waals surface area contributed by atoms with E-state index in [1.54, 1.807) is 6.26 Å². The summed E-state index contributed by atoms with van der Waals surface area (Å²) in [5.74, 6) is 2.08. The zero-order valence-corrected chi connectivity index (χ0v) is 11.2. The highest BCUT2D eigenvalue weighted by Crippen LogP contribution is 1.99. The van der Waals surface area contributed by atoms with Gasteiger partial charge >= 0.3 is 0 Å². The Morgan fingerprint density at radius 3 is 2.71 bits per heavy atom. The van der Waals surface area contributed by atoms with Crippen LogP contribution in [-0.2, 0) is 10.8 Å². The van der Waals surface area contributed by atoms with Crippen LogP contribution in [0.5, 0.6) is 0 Å². The predicted octanol–water partition coefficient (Wildman–Crippen LogP) is 1.88. The van der Waals surface area contributed by atoms with Gasteiger partial charge in [-0.05, 0) is 44.7 Å². The molecule has 0 aliphatic carbocycles. The van der Waals surface area contributed by atoms with Gasteiger partial charge in [-0.3, -0.25) is 4.21 Å². The summed E-state index contributed by atoms with van der Waals surface area (Å²) in [4.78, 5) is 0. The molecule has 0 heterocycles. The first-order valence-electron chi connectivity index (χ1n) is 5.19. The van der Waals surface area contributed by atoms with Gasteiger partial charge in [-0.2, -0.15) is 11.8 Å². The van der Waals surface area contributed by atoms with Crippen LogP contribution < -0.4 is 5.32 Å². The Morgan fingerprint density at radius 2 is 2.14 bits per heavy atom. The van der Waals surface area contributed by atoms with Crippen LogP contribution in [0.3, 0.4) is 0 Å². The van der Waals surface area contributed by atoms with E-state index in [1.165, 1.54) is 18.6 Å². The van der Waals surface area contributed by atoms with E-state index in [0.717, 1.165) is 18.7 Å². The summed E-state index contributed by atoms with van der Waals surface area (Å²) in [5.41, 5.74) is 0. The van der Waals surface area contributed by atoms with Crippen LogP contribution in [0.15, 0.2) is 0 Å². The van der Waals surface area contributed by atoms with Gasteiger partial charge in [-0.1, -0.05) is 0 Å². The average Bonchev–Trinajstić information content (AvgIpc) is 2.14. The molecule has 14 heavy (non-hydrogen) atoms. The maximum Gasteiger partial charge on any atom is 0.0246 e. The zero-order valence-electron chi connectivity index (χ0n) is 9.54. The van der Waals surface area contributed by atoms with E-state index in [9.17, 15) is 4.21 Å². The van der Waals surface area contributed by atoms with E-state index in [-0.39, 0.29) is 0 Å². The molecule has 0 aliphatic rings. The standard InChI is InChI=1S/C10H23NOS2/c1-10(6-9-14(3)12)11-7-4-5-8-13-2/h10-11H,4-9H2,1-3H3. The highest BCUT2D eigenvalue weighted by atomic mass is 32.2. The van der Waals surface area contributed by atoms with Gasteiger partial charge in [0.2, 0.25) is 0 Å². The molecule has 0 spiro atoms. The third-order valence-corrected chi connectivity index (χ3v) is 3.61.